The van der Waals surface area contributed by atoms with Crippen molar-refractivity contribution in [3.63, 3.8) is 0 Å². The minimum Gasteiger partial charge on any atom is -0.493 e. The number of fused-ring (bicyclic) bond motifs is 4. The number of aromatic nitrogens is 1. The lowest BCUT2D eigenvalue weighted by Gasteiger charge is -2.26. The predicted molar refractivity (Wildman–Crippen MR) is 128 cm³/mol. The Hall–Kier alpha value is -3.73. The summed E-state index contributed by atoms with van der Waals surface area (Å²) in [5.41, 5.74) is 6.12. The molecular formula is C28H28NO4+. The fourth-order valence-electron chi connectivity index (χ4n) is 4.86. The maximum atomic E-state index is 5.65. The van der Waals surface area contributed by atoms with Crippen molar-refractivity contribution in [3.05, 3.63) is 88.7 Å². The molecule has 5 rings (SSSR count). The first-order valence-corrected chi connectivity index (χ1v) is 11.0. The zero-order valence-electron chi connectivity index (χ0n) is 19.6. The number of methoxy groups -OCH3 is 4. The van der Waals surface area contributed by atoms with E-state index in [0.717, 1.165) is 40.2 Å². The van der Waals surface area contributed by atoms with Crippen molar-refractivity contribution in [1.29, 1.82) is 0 Å². The molecule has 0 spiro atoms. The van der Waals surface area contributed by atoms with Crippen LogP contribution in [0.2, 0.25) is 0 Å². The third-order valence-corrected chi connectivity index (χ3v) is 6.56. The van der Waals surface area contributed by atoms with Gasteiger partial charge in [0.15, 0.2) is 34.9 Å². The molecule has 168 valence electrons. The van der Waals surface area contributed by atoms with Crippen molar-refractivity contribution in [3.8, 4) is 23.0 Å². The molecule has 0 N–H and O–H groups in total. The molecule has 33 heavy (non-hydrogen) atoms. The van der Waals surface area contributed by atoms with Gasteiger partial charge in [0, 0.05) is 17.2 Å². The number of aryl methyl sites for hydroxylation is 1. The minimum atomic E-state index is 0.0154. The van der Waals surface area contributed by atoms with Crippen molar-refractivity contribution in [2.75, 3.05) is 28.4 Å². The number of hydrogen-bond donors (Lipinski definition) is 0. The van der Waals surface area contributed by atoms with Gasteiger partial charge in [-0.3, -0.25) is 0 Å². The first kappa shape index (κ1) is 21.1. The highest BCUT2D eigenvalue weighted by Crippen LogP contribution is 2.41. The van der Waals surface area contributed by atoms with Crippen LogP contribution in [0.5, 0.6) is 23.0 Å². The van der Waals surface area contributed by atoms with E-state index in [9.17, 15) is 0 Å². The molecule has 0 fully saturated rings. The highest BCUT2D eigenvalue weighted by Gasteiger charge is 2.36. The van der Waals surface area contributed by atoms with E-state index in [1.165, 1.54) is 27.9 Å². The zero-order chi connectivity index (χ0) is 23.1. The van der Waals surface area contributed by atoms with Crippen LogP contribution < -0.4 is 23.5 Å². The van der Waals surface area contributed by atoms with Gasteiger partial charge >= 0.3 is 0 Å². The van der Waals surface area contributed by atoms with Crippen LogP contribution in [0, 0.1) is 6.92 Å². The Bertz CT molecular complexity index is 1340. The number of pyridine rings is 1. The quantitative estimate of drug-likeness (QED) is 0.359. The molecule has 0 radical (unpaired) electrons. The average molecular weight is 443 g/mol. The van der Waals surface area contributed by atoms with Crippen LogP contribution in [0.1, 0.15) is 34.0 Å². The Morgan fingerprint density at radius 2 is 1.33 bits per heavy atom. The molecule has 1 aliphatic heterocycles. The Morgan fingerprint density at radius 1 is 0.727 bits per heavy atom. The fraction of sp³-hybridized carbons (Fsp3) is 0.250. The highest BCUT2D eigenvalue weighted by atomic mass is 16.5. The normalized spacial score (nSPS) is 14.4. The van der Waals surface area contributed by atoms with Gasteiger partial charge < -0.3 is 18.9 Å². The summed E-state index contributed by atoms with van der Waals surface area (Å²) in [5.74, 6) is 2.94. The lowest BCUT2D eigenvalue weighted by Crippen LogP contribution is -2.47. The van der Waals surface area contributed by atoms with E-state index in [1.54, 1.807) is 28.4 Å². The van der Waals surface area contributed by atoms with Crippen molar-refractivity contribution in [2.45, 2.75) is 19.4 Å². The second-order valence-electron chi connectivity index (χ2n) is 8.36. The molecule has 3 aromatic carbocycles. The standard InChI is InChI=1S/C28H28NO4/c1-17-6-8-18(9-7-17)28-22-16-27(33-5)25(31-3)14-20(22)12-23-21-15-26(32-4)24(30-2)13-19(21)10-11-29(23)28/h6-11,13-16,28H,12H2,1-5H3/q+1/t28-/m1/s1. The molecule has 0 saturated heterocycles. The van der Waals surface area contributed by atoms with Crippen LogP contribution in [0.15, 0.2) is 60.8 Å². The number of hydrogen-bond acceptors (Lipinski definition) is 4. The van der Waals surface area contributed by atoms with Crippen LogP contribution >= 0.6 is 0 Å². The van der Waals surface area contributed by atoms with E-state index in [0.29, 0.717) is 0 Å². The van der Waals surface area contributed by atoms with Crippen LogP contribution in [0.25, 0.3) is 10.8 Å². The van der Waals surface area contributed by atoms with Gasteiger partial charge in [0.25, 0.3) is 0 Å². The number of benzene rings is 3. The van der Waals surface area contributed by atoms with E-state index in [4.69, 9.17) is 18.9 Å². The second kappa shape index (κ2) is 8.32. The van der Waals surface area contributed by atoms with Gasteiger partial charge in [-0.25, -0.2) is 0 Å². The summed E-state index contributed by atoms with van der Waals surface area (Å²) < 4.78 is 24.8. The summed E-state index contributed by atoms with van der Waals surface area (Å²) in [6.45, 7) is 2.11. The molecule has 2 heterocycles. The summed E-state index contributed by atoms with van der Waals surface area (Å²) in [5, 5.41) is 2.26. The molecule has 0 bridgehead atoms. The molecular weight excluding hydrogens is 414 g/mol. The molecule has 1 aliphatic rings. The van der Waals surface area contributed by atoms with Crippen molar-refractivity contribution in [2.24, 2.45) is 0 Å². The van der Waals surface area contributed by atoms with Gasteiger partial charge in [-0.2, -0.15) is 4.57 Å². The Kier molecular flexibility index (Phi) is 5.33. The third kappa shape index (κ3) is 3.44. The van der Waals surface area contributed by atoms with E-state index in [1.807, 2.05) is 6.07 Å². The van der Waals surface area contributed by atoms with Crippen molar-refractivity contribution >= 4 is 10.8 Å². The molecule has 0 unspecified atom stereocenters. The van der Waals surface area contributed by atoms with E-state index >= 15 is 0 Å². The van der Waals surface area contributed by atoms with Crippen molar-refractivity contribution in [1.82, 2.24) is 0 Å². The summed E-state index contributed by atoms with van der Waals surface area (Å²) in [4.78, 5) is 0. The van der Waals surface area contributed by atoms with Gasteiger partial charge in [0.1, 0.15) is 0 Å². The summed E-state index contributed by atoms with van der Waals surface area (Å²) in [6, 6.07) is 19.3. The Balaban J connectivity index is 1.80. The molecule has 1 aromatic heterocycles. The fourth-order valence-corrected chi connectivity index (χ4v) is 4.86. The van der Waals surface area contributed by atoms with Crippen molar-refractivity contribution < 1.29 is 23.5 Å². The van der Waals surface area contributed by atoms with Crippen LogP contribution in [-0.4, -0.2) is 28.4 Å². The summed E-state index contributed by atoms with van der Waals surface area (Å²) >= 11 is 0. The van der Waals surface area contributed by atoms with Gasteiger partial charge in [-0.05, 0) is 42.1 Å². The van der Waals surface area contributed by atoms with E-state index in [2.05, 4.69) is 66.2 Å². The lowest BCUT2D eigenvalue weighted by atomic mass is 9.86. The maximum absolute atomic E-state index is 5.65. The molecule has 0 amide bonds. The first-order chi connectivity index (χ1) is 16.1. The van der Waals surface area contributed by atoms with Gasteiger partial charge in [0.2, 0.25) is 6.04 Å². The monoisotopic (exact) mass is 442 g/mol. The number of ether oxygens (including phenoxy) is 4. The molecule has 0 aliphatic carbocycles. The maximum Gasteiger partial charge on any atom is 0.209 e. The predicted octanol–water partition coefficient (Wildman–Crippen LogP) is 5.01. The number of rotatable bonds is 5. The molecule has 5 nitrogen and oxygen atoms in total. The molecule has 5 heteroatoms. The second-order valence-corrected chi connectivity index (χ2v) is 8.36. The van der Waals surface area contributed by atoms with Crippen LogP contribution in [0.3, 0.4) is 0 Å². The average Bonchev–Trinajstić information content (AvgIpc) is 2.86. The zero-order valence-corrected chi connectivity index (χ0v) is 19.6. The van der Waals surface area contributed by atoms with E-state index < -0.39 is 0 Å². The van der Waals surface area contributed by atoms with Crippen LogP contribution in [0.4, 0.5) is 0 Å². The van der Waals surface area contributed by atoms with Gasteiger partial charge in [-0.1, -0.05) is 29.8 Å². The first-order valence-electron chi connectivity index (χ1n) is 11.0. The summed E-state index contributed by atoms with van der Waals surface area (Å²) in [7, 11) is 6.70. The molecule has 1 atom stereocenters. The lowest BCUT2D eigenvalue weighted by molar-refractivity contribution is -0.712. The number of nitrogens with zero attached hydrogens (tertiary/aromatic N) is 1. The molecule has 4 aromatic rings. The SMILES string of the molecule is COc1cc2c(cc1OC)[C@@H](c1ccc(C)cc1)[n+]1ccc3cc(OC)c(OC)cc3c1C2. The minimum absolute atomic E-state index is 0.0154. The smallest absolute Gasteiger partial charge is 0.209 e. The van der Waals surface area contributed by atoms with Gasteiger partial charge in [0.05, 0.1) is 40.2 Å². The van der Waals surface area contributed by atoms with Gasteiger partial charge in [-0.15, -0.1) is 0 Å². The third-order valence-electron chi connectivity index (χ3n) is 6.56. The Labute approximate surface area is 194 Å². The largest absolute Gasteiger partial charge is 0.493 e. The molecule has 0 saturated carbocycles. The highest BCUT2D eigenvalue weighted by molar-refractivity contribution is 5.87. The Morgan fingerprint density at radius 3 is 2.00 bits per heavy atom. The topological polar surface area (TPSA) is 40.8 Å². The van der Waals surface area contributed by atoms with E-state index in [-0.39, 0.29) is 6.04 Å². The van der Waals surface area contributed by atoms with Crippen LogP contribution in [-0.2, 0) is 6.42 Å². The summed E-state index contributed by atoms with van der Waals surface area (Å²) in [6.07, 6.45) is 2.94.